The number of carbonyl (C=O) groups is 3. The second-order valence-electron chi connectivity index (χ2n) is 6.60. The van der Waals surface area contributed by atoms with Crippen LogP contribution in [0.25, 0.3) is 6.08 Å². The Labute approximate surface area is 188 Å². The molecule has 10 heteroatoms. The first-order valence-electron chi connectivity index (χ1n) is 9.58. The average Bonchev–Trinajstić information content (AvgIpc) is 3.01. The highest BCUT2D eigenvalue weighted by atomic mass is 35.5. The Kier molecular flexibility index (Phi) is 7.32. The maximum atomic E-state index is 13.9. The van der Waals surface area contributed by atoms with E-state index in [4.69, 9.17) is 25.8 Å². The van der Waals surface area contributed by atoms with Crippen molar-refractivity contribution in [3.8, 4) is 11.5 Å². The Morgan fingerprint density at radius 3 is 2.69 bits per heavy atom. The molecule has 1 aliphatic rings. The number of nitrogens with zero attached hydrogens (tertiary/aromatic N) is 1. The van der Waals surface area contributed by atoms with Crippen molar-refractivity contribution in [2.45, 2.75) is 13.5 Å². The standard InChI is InChI=1S/C22H20ClFN2O6/c1-3-31-19(27)12-32-20-15(23)8-13(10-18(20)30-2)9-17-21(28)26(22(29)25-17)11-14-6-4-5-7-16(14)24/h4-10H,3,11-12H2,1-2H3,(H,25,29)/b17-9+. The van der Waals surface area contributed by atoms with E-state index in [-0.39, 0.29) is 47.5 Å². The molecule has 168 valence electrons. The molecule has 0 bridgehead atoms. The Hall–Kier alpha value is -3.59. The first kappa shape index (κ1) is 23.1. The first-order valence-corrected chi connectivity index (χ1v) is 9.95. The molecule has 0 aromatic heterocycles. The molecule has 3 amide bonds. The van der Waals surface area contributed by atoms with Crippen LogP contribution in [0, 0.1) is 5.82 Å². The van der Waals surface area contributed by atoms with Gasteiger partial charge in [0.2, 0.25) is 0 Å². The summed E-state index contributed by atoms with van der Waals surface area (Å²) in [6.45, 7) is 1.32. The van der Waals surface area contributed by atoms with Crippen molar-refractivity contribution in [3.63, 3.8) is 0 Å². The Morgan fingerprint density at radius 1 is 1.25 bits per heavy atom. The molecule has 1 heterocycles. The van der Waals surface area contributed by atoms with Gasteiger partial charge in [0.1, 0.15) is 11.5 Å². The van der Waals surface area contributed by atoms with Gasteiger partial charge in [-0.1, -0.05) is 29.8 Å². The number of imide groups is 1. The summed E-state index contributed by atoms with van der Waals surface area (Å²) in [6.07, 6.45) is 1.41. The molecular weight excluding hydrogens is 443 g/mol. The van der Waals surface area contributed by atoms with Crippen molar-refractivity contribution in [1.82, 2.24) is 10.2 Å². The predicted octanol–water partition coefficient (Wildman–Crippen LogP) is 3.52. The van der Waals surface area contributed by atoms with Gasteiger partial charge in [0.25, 0.3) is 5.91 Å². The number of nitrogens with one attached hydrogen (secondary N) is 1. The number of carbonyl (C=O) groups excluding carboxylic acids is 3. The maximum Gasteiger partial charge on any atom is 0.344 e. The Balaban J connectivity index is 1.81. The van der Waals surface area contributed by atoms with E-state index in [1.807, 2.05) is 0 Å². The van der Waals surface area contributed by atoms with E-state index >= 15 is 0 Å². The molecule has 0 spiro atoms. The predicted molar refractivity (Wildman–Crippen MR) is 114 cm³/mol. The molecule has 0 atom stereocenters. The molecule has 2 aromatic rings. The van der Waals surface area contributed by atoms with Gasteiger partial charge in [0.05, 0.1) is 25.3 Å². The minimum Gasteiger partial charge on any atom is -0.493 e. The summed E-state index contributed by atoms with van der Waals surface area (Å²) >= 11 is 6.27. The second kappa shape index (κ2) is 10.1. The van der Waals surface area contributed by atoms with Crippen molar-refractivity contribution in [2.75, 3.05) is 20.3 Å². The van der Waals surface area contributed by atoms with Crippen LogP contribution in [0.1, 0.15) is 18.1 Å². The number of esters is 1. The third kappa shape index (κ3) is 5.17. The van der Waals surface area contributed by atoms with E-state index in [1.54, 1.807) is 13.0 Å². The molecule has 1 aliphatic heterocycles. The molecule has 32 heavy (non-hydrogen) atoms. The topological polar surface area (TPSA) is 94.2 Å². The van der Waals surface area contributed by atoms with Gasteiger partial charge in [-0.15, -0.1) is 0 Å². The average molecular weight is 463 g/mol. The van der Waals surface area contributed by atoms with Gasteiger partial charge >= 0.3 is 12.0 Å². The Morgan fingerprint density at radius 2 is 2.00 bits per heavy atom. The molecule has 0 aliphatic carbocycles. The van der Waals surface area contributed by atoms with Gasteiger partial charge in [0.15, 0.2) is 18.1 Å². The smallest absolute Gasteiger partial charge is 0.344 e. The van der Waals surface area contributed by atoms with Gasteiger partial charge in [-0.2, -0.15) is 0 Å². The molecule has 0 unspecified atom stereocenters. The zero-order valence-electron chi connectivity index (χ0n) is 17.3. The number of amides is 3. The maximum absolute atomic E-state index is 13.9. The minimum atomic E-state index is -0.669. The fraction of sp³-hybridized carbons (Fsp3) is 0.227. The summed E-state index contributed by atoms with van der Waals surface area (Å²) in [7, 11) is 1.39. The van der Waals surface area contributed by atoms with E-state index in [2.05, 4.69) is 5.32 Å². The summed E-state index contributed by atoms with van der Waals surface area (Å²) in [4.78, 5) is 37.4. The first-order chi connectivity index (χ1) is 15.3. The zero-order valence-corrected chi connectivity index (χ0v) is 18.1. The SMILES string of the molecule is CCOC(=O)COc1c(Cl)cc(/C=C2/NC(=O)N(Cc3ccccc3F)C2=O)cc1OC. The van der Waals surface area contributed by atoms with E-state index in [9.17, 15) is 18.8 Å². The molecule has 1 fully saturated rings. The lowest BCUT2D eigenvalue weighted by atomic mass is 10.1. The molecule has 1 N–H and O–H groups in total. The van der Waals surface area contributed by atoms with Crippen molar-refractivity contribution < 1.29 is 33.0 Å². The lowest BCUT2D eigenvalue weighted by Crippen LogP contribution is -2.30. The van der Waals surface area contributed by atoms with E-state index in [0.717, 1.165) is 4.90 Å². The van der Waals surface area contributed by atoms with Crippen molar-refractivity contribution >= 4 is 35.6 Å². The van der Waals surface area contributed by atoms with Crippen LogP contribution in [-0.2, 0) is 20.9 Å². The molecule has 1 saturated heterocycles. The van der Waals surface area contributed by atoms with Crippen LogP contribution >= 0.6 is 11.6 Å². The van der Waals surface area contributed by atoms with Gasteiger partial charge in [-0.05, 0) is 36.8 Å². The Bertz CT molecular complexity index is 1090. The third-order valence-corrected chi connectivity index (χ3v) is 4.73. The molecule has 0 radical (unpaired) electrons. The van der Waals surface area contributed by atoms with Crippen LogP contribution in [-0.4, -0.2) is 43.1 Å². The van der Waals surface area contributed by atoms with Gasteiger partial charge in [-0.3, -0.25) is 9.69 Å². The normalized spacial score (nSPS) is 14.5. The van der Waals surface area contributed by atoms with Crippen LogP contribution in [0.3, 0.4) is 0 Å². The summed E-state index contributed by atoms with van der Waals surface area (Å²) in [5.74, 6) is -1.34. The summed E-state index contributed by atoms with van der Waals surface area (Å²) in [5, 5.41) is 2.59. The zero-order chi connectivity index (χ0) is 23.3. The summed E-state index contributed by atoms with van der Waals surface area (Å²) in [6, 6.07) is 8.23. The van der Waals surface area contributed by atoms with Crippen molar-refractivity contribution in [3.05, 3.63) is 64.1 Å². The molecule has 0 saturated carbocycles. The minimum absolute atomic E-state index is 0.00958. The van der Waals surface area contributed by atoms with Crippen LogP contribution in [0.5, 0.6) is 11.5 Å². The number of urea groups is 1. The molecule has 2 aromatic carbocycles. The lowest BCUT2D eigenvalue weighted by Gasteiger charge is -2.13. The number of benzene rings is 2. The van der Waals surface area contributed by atoms with Gasteiger partial charge in [-0.25, -0.2) is 14.0 Å². The number of hydrogen-bond acceptors (Lipinski definition) is 6. The highest BCUT2D eigenvalue weighted by molar-refractivity contribution is 6.32. The van der Waals surface area contributed by atoms with Crippen LogP contribution in [0.4, 0.5) is 9.18 Å². The van der Waals surface area contributed by atoms with Gasteiger partial charge < -0.3 is 19.5 Å². The van der Waals surface area contributed by atoms with E-state index in [0.29, 0.717) is 5.56 Å². The quantitative estimate of drug-likeness (QED) is 0.366. The van der Waals surface area contributed by atoms with E-state index in [1.165, 1.54) is 43.5 Å². The largest absolute Gasteiger partial charge is 0.493 e. The van der Waals surface area contributed by atoms with Crippen LogP contribution < -0.4 is 14.8 Å². The second-order valence-corrected chi connectivity index (χ2v) is 7.01. The fourth-order valence-corrected chi connectivity index (χ4v) is 3.25. The molecule has 3 rings (SSSR count). The number of halogens is 2. The number of rotatable bonds is 8. The summed E-state index contributed by atoms with van der Waals surface area (Å²) < 4.78 is 29.4. The molecule has 8 nitrogen and oxygen atoms in total. The highest BCUT2D eigenvalue weighted by Gasteiger charge is 2.34. The molecular formula is C22H20ClFN2O6. The monoisotopic (exact) mass is 462 g/mol. The highest BCUT2D eigenvalue weighted by Crippen LogP contribution is 2.37. The van der Waals surface area contributed by atoms with E-state index < -0.39 is 23.7 Å². The van der Waals surface area contributed by atoms with Crippen LogP contribution in [0.2, 0.25) is 5.02 Å². The third-order valence-electron chi connectivity index (χ3n) is 4.45. The lowest BCUT2D eigenvalue weighted by molar-refractivity contribution is -0.145. The summed E-state index contributed by atoms with van der Waals surface area (Å²) in [5.41, 5.74) is 0.640. The number of ether oxygens (including phenoxy) is 3. The number of hydrogen-bond donors (Lipinski definition) is 1. The fourth-order valence-electron chi connectivity index (χ4n) is 2.98. The van der Waals surface area contributed by atoms with Gasteiger partial charge in [0, 0.05) is 5.56 Å². The number of methoxy groups -OCH3 is 1. The van der Waals surface area contributed by atoms with Crippen LogP contribution in [0.15, 0.2) is 42.1 Å². The van der Waals surface area contributed by atoms with Crippen molar-refractivity contribution in [2.24, 2.45) is 0 Å². The van der Waals surface area contributed by atoms with Crippen molar-refractivity contribution in [1.29, 1.82) is 0 Å².